The van der Waals surface area contributed by atoms with E-state index in [0.29, 0.717) is 0 Å². The van der Waals surface area contributed by atoms with Gasteiger partial charge >= 0.3 is 62.2 Å². The van der Waals surface area contributed by atoms with Crippen LogP contribution in [-0.2, 0) is 35.6 Å². The maximum atomic E-state index is 9.55. The number of hydrogen-bond donors (Lipinski definition) is 1. The second-order valence-corrected chi connectivity index (χ2v) is 1.58. The number of thiocarbonyl (C=S) groups is 1. The number of hydrogen-bond acceptors (Lipinski definition) is 2. The van der Waals surface area contributed by atoms with Crippen LogP contribution < -0.4 is 9.17 Å². The molecule has 0 amide bonds. The first-order valence-corrected chi connectivity index (χ1v) is 2.90. The molecular weight excluding hydrogens is 203 g/mol. The van der Waals surface area contributed by atoms with Gasteiger partial charge in [-0.1, -0.05) is 0 Å². The van der Waals surface area contributed by atoms with Crippen molar-refractivity contribution in [2.45, 2.75) is 0 Å². The Morgan fingerprint density at radius 1 is 1.83 bits per heavy atom. The Morgan fingerprint density at radius 3 is 2.00 bits per heavy atom. The molecule has 0 aromatic rings. The summed E-state index contributed by atoms with van der Waals surface area (Å²) in [5.74, 6) is 0. The molecule has 0 aliphatic rings. The van der Waals surface area contributed by atoms with Gasteiger partial charge in [0.2, 0.25) is 0 Å². The van der Waals surface area contributed by atoms with Gasteiger partial charge in [0.1, 0.15) is 0 Å². The molecule has 0 atom stereocenters. The quantitative estimate of drug-likeness (QED) is 0.392. The predicted molar refractivity (Wildman–Crippen MR) is 15.7 cm³/mol. The molecule has 0 saturated heterocycles. The van der Waals surface area contributed by atoms with Gasteiger partial charge in [0.25, 0.3) is 0 Å². The zero-order chi connectivity index (χ0) is 4.28. The topological polar surface area (TPSA) is 35.1 Å². The van der Waals surface area contributed by atoms with Crippen molar-refractivity contribution in [1.82, 2.24) is 4.06 Å². The maximum absolute atomic E-state index is 9.55. The van der Waals surface area contributed by atoms with E-state index in [1.807, 2.05) is 0 Å². The molecule has 0 aliphatic heterocycles. The first-order chi connectivity index (χ1) is 2.27. The summed E-state index contributed by atoms with van der Waals surface area (Å²) in [5, 5.41) is 9.19. The summed E-state index contributed by atoms with van der Waals surface area (Å²) >= 11 is 4.81. The molecule has 0 spiro atoms. The van der Waals surface area contributed by atoms with Crippen LogP contribution in [0.4, 0.5) is 0 Å². The first kappa shape index (κ1) is 9.95. The summed E-state index contributed by atoms with van der Waals surface area (Å²) in [6, 6.07) is 0. The zero-order valence-corrected chi connectivity index (χ0v) is 7.55. The fraction of sp³-hybridized carbons (Fsp3) is 0. The third-order valence-electron chi connectivity index (χ3n) is 0.144. The van der Waals surface area contributed by atoms with Gasteiger partial charge in [-0.25, -0.2) is 0 Å². The molecule has 0 fully saturated rings. The summed E-state index contributed by atoms with van der Waals surface area (Å²) < 4.78 is 2.33. The average molecular weight is 204 g/mol. The van der Waals surface area contributed by atoms with Gasteiger partial charge in [-0.3, -0.25) is 0 Å². The van der Waals surface area contributed by atoms with E-state index in [9.17, 15) is 5.11 Å². The Morgan fingerprint density at radius 2 is 2.00 bits per heavy atom. The molecule has 0 aromatic carbocycles. The van der Waals surface area contributed by atoms with Gasteiger partial charge in [-0.2, -0.15) is 0 Å². The van der Waals surface area contributed by atoms with E-state index in [4.69, 9.17) is 0 Å². The number of rotatable bonds is 0. The Balaban J connectivity index is 0. The summed E-state index contributed by atoms with van der Waals surface area (Å²) in [6.45, 7) is 0. The zero-order valence-electron chi connectivity index (χ0n) is 2.83. The van der Waals surface area contributed by atoms with Crippen LogP contribution >= 0.6 is 12.2 Å². The van der Waals surface area contributed by atoms with Crippen LogP contribution in [0, 0.1) is 0 Å². The molecule has 0 rings (SSSR count). The molecule has 35 valence electrons. The van der Waals surface area contributed by atoms with E-state index in [-0.39, 0.29) is 22.2 Å². The van der Waals surface area contributed by atoms with E-state index in [2.05, 4.69) is 16.3 Å². The van der Waals surface area contributed by atoms with Gasteiger partial charge in [-0.05, 0) is 0 Å². The van der Waals surface area contributed by atoms with Gasteiger partial charge in [0, 0.05) is 0 Å². The second kappa shape index (κ2) is 5.83. The van der Waals surface area contributed by atoms with Crippen LogP contribution in [0.2, 0.25) is 0 Å². The van der Waals surface area contributed by atoms with Gasteiger partial charge in [0.15, 0.2) is 0 Å². The summed E-state index contributed by atoms with van der Waals surface area (Å²) in [6.07, 6.45) is 0. The normalized spacial score (nSPS) is 5.67. The fourth-order valence-electron chi connectivity index (χ4n) is 0. The van der Waals surface area contributed by atoms with Crippen molar-refractivity contribution < 1.29 is 40.7 Å². The Labute approximate surface area is 62.1 Å². The fourth-order valence-corrected chi connectivity index (χ4v) is 0. The van der Waals surface area contributed by atoms with Crippen molar-refractivity contribution in [3.63, 3.8) is 0 Å². The minimum absolute atomic E-state index is 0. The Bertz CT molecular complexity index is 50.8. The molecule has 0 radical (unpaired) electrons. The van der Waals surface area contributed by atoms with Crippen molar-refractivity contribution in [3.05, 3.63) is 0 Å². The van der Waals surface area contributed by atoms with E-state index in [0.717, 1.165) is 18.5 Å². The molecule has 0 saturated carbocycles. The van der Waals surface area contributed by atoms with Gasteiger partial charge < -0.3 is 0 Å². The SMILES string of the molecule is [Cu+].[O-]C(=S)[NH][Zn]. The second-order valence-electron chi connectivity index (χ2n) is 0.464. The first-order valence-electron chi connectivity index (χ1n) is 1.01. The van der Waals surface area contributed by atoms with Crippen LogP contribution in [0.1, 0.15) is 0 Å². The molecule has 6 heavy (non-hydrogen) atoms. The number of nitrogens with one attached hydrogen (secondary N) is 1. The molecule has 0 aromatic heterocycles. The Hall–Kier alpha value is 0.833. The van der Waals surface area contributed by atoms with Gasteiger partial charge in [-0.15, -0.1) is 0 Å². The van der Waals surface area contributed by atoms with E-state index >= 15 is 0 Å². The molecule has 0 unspecified atom stereocenters. The molecule has 0 heterocycles. The van der Waals surface area contributed by atoms with Crippen molar-refractivity contribution in [1.29, 1.82) is 0 Å². The van der Waals surface area contributed by atoms with E-state index < -0.39 is 0 Å². The molecule has 5 heteroatoms. The summed E-state index contributed by atoms with van der Waals surface area (Å²) in [5.41, 5.74) is 0. The van der Waals surface area contributed by atoms with Gasteiger partial charge in [0.05, 0.1) is 0 Å². The van der Waals surface area contributed by atoms with E-state index in [1.54, 1.807) is 0 Å². The van der Waals surface area contributed by atoms with Crippen molar-refractivity contribution in [2.24, 2.45) is 0 Å². The van der Waals surface area contributed by atoms with Crippen LogP contribution in [-0.4, -0.2) is 5.17 Å². The van der Waals surface area contributed by atoms with E-state index in [1.165, 1.54) is 0 Å². The molecule has 2 nitrogen and oxygen atoms in total. The molecule has 0 aliphatic carbocycles. The van der Waals surface area contributed by atoms with Crippen molar-refractivity contribution in [2.75, 3.05) is 0 Å². The minimum atomic E-state index is -0.356. The third kappa shape index (κ3) is 8.85. The predicted octanol–water partition coefficient (Wildman–Crippen LogP) is -1.32. The third-order valence-corrected chi connectivity index (χ3v) is 1.50. The summed E-state index contributed by atoms with van der Waals surface area (Å²) in [4.78, 5) is 0. The molecular formula is CHCuNOSZn. The average Bonchev–Trinajstić information content (AvgIpc) is 1.38. The standard InChI is InChI=1S/CH3NOS.Cu.Zn/c2-1(3)4;;/h(H3,2,3,4);;/q;2*+1/p-2. The molecule has 0 bridgehead atoms. The van der Waals surface area contributed by atoms with Crippen LogP contribution in [0.15, 0.2) is 0 Å². The van der Waals surface area contributed by atoms with Crippen LogP contribution in [0.25, 0.3) is 0 Å². The monoisotopic (exact) mass is 202 g/mol. The Kier molecular flexibility index (Phi) is 9.68. The van der Waals surface area contributed by atoms with Crippen molar-refractivity contribution >= 4 is 17.4 Å². The van der Waals surface area contributed by atoms with Crippen LogP contribution in [0.3, 0.4) is 0 Å². The summed E-state index contributed by atoms with van der Waals surface area (Å²) in [7, 11) is 0. The van der Waals surface area contributed by atoms with Crippen LogP contribution in [0.5, 0.6) is 0 Å². The molecule has 1 N–H and O–H groups in total. The van der Waals surface area contributed by atoms with Crippen molar-refractivity contribution in [3.8, 4) is 0 Å².